The lowest BCUT2D eigenvalue weighted by Gasteiger charge is -2.31. The van der Waals surface area contributed by atoms with Crippen molar-refractivity contribution in [2.75, 3.05) is 26.9 Å². The molecule has 0 bridgehead atoms. The van der Waals surface area contributed by atoms with E-state index < -0.39 is 62.7 Å². The third kappa shape index (κ3) is 7.22. The van der Waals surface area contributed by atoms with Gasteiger partial charge in [-0.1, -0.05) is 16.0 Å². The number of aromatic nitrogens is 1. The molecule has 0 radical (unpaired) electrons. The number of rotatable bonds is 10. The van der Waals surface area contributed by atoms with Gasteiger partial charge in [0.05, 0.1) is 37.1 Å². The lowest BCUT2D eigenvalue weighted by atomic mass is 9.84. The van der Waals surface area contributed by atoms with Crippen LogP contribution in [0.2, 0.25) is 5.15 Å². The molecule has 15 heteroatoms. The van der Waals surface area contributed by atoms with E-state index in [4.69, 9.17) is 25.8 Å². The maximum absolute atomic E-state index is 14.4. The molecule has 3 N–H and O–H groups in total. The van der Waals surface area contributed by atoms with E-state index in [1.54, 1.807) is 27.7 Å². The second kappa shape index (κ2) is 12.4. The molecule has 10 nitrogen and oxygen atoms in total. The second-order valence-corrected chi connectivity index (χ2v) is 13.3. The Labute approximate surface area is 249 Å². The number of hydrogen-bond donors (Lipinski definition) is 3. The molecule has 1 amide bonds. The predicted molar refractivity (Wildman–Crippen MR) is 151 cm³/mol. The molecule has 0 saturated carbocycles. The van der Waals surface area contributed by atoms with Gasteiger partial charge in [-0.15, -0.1) is 0 Å². The first kappa shape index (κ1) is 33.7. The van der Waals surface area contributed by atoms with E-state index in [0.29, 0.717) is 0 Å². The van der Waals surface area contributed by atoms with Crippen LogP contribution >= 0.6 is 11.6 Å². The van der Waals surface area contributed by atoms with E-state index >= 15 is 0 Å². The second-order valence-electron chi connectivity index (χ2n) is 11.0. The van der Waals surface area contributed by atoms with E-state index in [1.807, 2.05) is 0 Å². The fraction of sp³-hybridized carbons (Fsp3) is 0.519. The number of fused-ring (bicyclic) bond motifs is 1. The van der Waals surface area contributed by atoms with Crippen molar-refractivity contribution in [2.45, 2.75) is 62.7 Å². The van der Waals surface area contributed by atoms with E-state index in [0.717, 1.165) is 6.07 Å². The SMILES string of the molecule is COc1cc(C(=O)NCC(O)(c2cc3c(c(Cl)n2)OCC3(C)C=N[S+]([O-])C(C)(C)C)C(F)(F)F)ccc1OC[C@@H](C)O. The van der Waals surface area contributed by atoms with Crippen molar-refractivity contribution in [3.8, 4) is 17.2 Å². The van der Waals surface area contributed by atoms with Crippen molar-refractivity contribution >= 4 is 35.1 Å². The third-order valence-corrected chi connectivity index (χ3v) is 7.92. The molecule has 1 aliphatic heterocycles. The number of alkyl halides is 3. The number of carbonyl (C=O) groups is 1. The summed E-state index contributed by atoms with van der Waals surface area (Å²) < 4.78 is 75.2. The molecule has 3 unspecified atom stereocenters. The molecule has 4 atom stereocenters. The van der Waals surface area contributed by atoms with Crippen LogP contribution in [0.1, 0.15) is 56.2 Å². The summed E-state index contributed by atoms with van der Waals surface area (Å²) in [6, 6.07) is 4.89. The summed E-state index contributed by atoms with van der Waals surface area (Å²) in [5.41, 5.74) is -5.59. The zero-order chi connectivity index (χ0) is 31.7. The number of benzene rings is 1. The number of nitrogens with one attached hydrogen (secondary N) is 1. The molecule has 0 saturated heterocycles. The molecule has 1 aliphatic rings. The summed E-state index contributed by atoms with van der Waals surface area (Å²) in [6.07, 6.45) is -4.74. The van der Waals surface area contributed by atoms with Gasteiger partial charge < -0.3 is 34.3 Å². The van der Waals surface area contributed by atoms with Crippen LogP contribution in [-0.2, 0) is 22.4 Å². The summed E-state index contributed by atoms with van der Waals surface area (Å²) in [6.45, 7) is 6.84. The van der Waals surface area contributed by atoms with Crippen molar-refractivity contribution in [3.05, 3.63) is 46.2 Å². The number of halogens is 4. The maximum Gasteiger partial charge on any atom is 0.424 e. The highest BCUT2D eigenvalue weighted by molar-refractivity contribution is 7.91. The van der Waals surface area contributed by atoms with Crippen LogP contribution in [0.15, 0.2) is 28.7 Å². The molecule has 2 aromatic rings. The zero-order valence-electron chi connectivity index (χ0n) is 23.8. The highest BCUT2D eigenvalue weighted by Gasteiger charge is 2.57. The Morgan fingerprint density at radius 3 is 2.57 bits per heavy atom. The number of ether oxygens (including phenoxy) is 3. The van der Waals surface area contributed by atoms with E-state index in [1.165, 1.54) is 38.4 Å². The predicted octanol–water partition coefficient (Wildman–Crippen LogP) is 3.87. The minimum absolute atomic E-state index is 0.00876. The Balaban J connectivity index is 1.93. The number of hydrogen-bond acceptors (Lipinski definition) is 9. The Kier molecular flexibility index (Phi) is 9.99. The van der Waals surface area contributed by atoms with Crippen molar-refractivity contribution in [3.63, 3.8) is 0 Å². The van der Waals surface area contributed by atoms with E-state index in [9.17, 15) is 32.7 Å². The van der Waals surface area contributed by atoms with Crippen molar-refractivity contribution in [2.24, 2.45) is 4.40 Å². The number of aliphatic hydroxyl groups is 2. The highest BCUT2D eigenvalue weighted by atomic mass is 35.5. The van der Waals surface area contributed by atoms with E-state index in [2.05, 4.69) is 14.7 Å². The summed E-state index contributed by atoms with van der Waals surface area (Å²) in [5, 5.41) is 22.1. The van der Waals surface area contributed by atoms with Gasteiger partial charge in [-0.3, -0.25) is 4.79 Å². The lowest BCUT2D eigenvalue weighted by Crippen LogP contribution is -2.51. The van der Waals surface area contributed by atoms with Crippen molar-refractivity contribution < 1.29 is 46.9 Å². The Bertz CT molecular complexity index is 1340. The van der Waals surface area contributed by atoms with Crippen LogP contribution in [0.5, 0.6) is 17.2 Å². The Hall–Kier alpha value is -2.78. The van der Waals surface area contributed by atoms with Crippen LogP contribution < -0.4 is 19.5 Å². The summed E-state index contributed by atoms with van der Waals surface area (Å²) in [4.78, 5) is 16.6. The minimum Gasteiger partial charge on any atom is -0.591 e. The molecule has 2 heterocycles. The van der Waals surface area contributed by atoms with Gasteiger partial charge in [0.25, 0.3) is 5.91 Å². The molecule has 1 aromatic heterocycles. The number of aliphatic hydroxyl groups excluding tert-OH is 1. The largest absolute Gasteiger partial charge is 0.591 e. The topological polar surface area (TPSA) is 146 Å². The fourth-order valence-electron chi connectivity index (χ4n) is 3.79. The lowest BCUT2D eigenvalue weighted by molar-refractivity contribution is -0.265. The van der Waals surface area contributed by atoms with Gasteiger partial charge in [0.2, 0.25) is 5.60 Å². The first-order valence-electron chi connectivity index (χ1n) is 12.7. The number of methoxy groups -OCH3 is 1. The standard InChI is InChI=1S/C27H33ClF3N3O7S/c1-15(35)11-40-18-8-7-16(9-19(18)39-6)23(36)32-13-26(37,27(29,30)31)20-10-17-21(22(28)34-20)41-14-25(17,5)12-33-42(38)24(2,3)4/h7-10,12,15,35,37H,11,13-14H2,1-6H3,(H,32,36)/t15-,25?,26?,42?/m1/s1. The number of pyridine rings is 1. The fourth-order valence-corrected chi connectivity index (χ4v) is 4.68. The van der Waals surface area contributed by atoms with Gasteiger partial charge in [-0.05, 0) is 58.9 Å². The van der Waals surface area contributed by atoms with Crippen molar-refractivity contribution in [1.82, 2.24) is 10.3 Å². The maximum atomic E-state index is 14.4. The quantitative estimate of drug-likeness (QED) is 0.203. The number of carbonyl (C=O) groups excluding carboxylic acids is 1. The first-order chi connectivity index (χ1) is 19.3. The van der Waals surface area contributed by atoms with Gasteiger partial charge in [0.1, 0.15) is 29.3 Å². The molecule has 0 spiro atoms. The monoisotopic (exact) mass is 635 g/mol. The third-order valence-electron chi connectivity index (χ3n) is 6.32. The van der Waals surface area contributed by atoms with Crippen LogP contribution in [0.25, 0.3) is 0 Å². The average Bonchev–Trinajstić information content (AvgIpc) is 3.24. The number of nitrogens with zero attached hydrogens (tertiary/aromatic N) is 2. The average molecular weight is 636 g/mol. The molecule has 1 aromatic carbocycles. The summed E-state index contributed by atoms with van der Waals surface area (Å²) in [5.74, 6) is -0.626. The van der Waals surface area contributed by atoms with Crippen LogP contribution in [0, 0.1) is 0 Å². The molecule has 3 rings (SSSR count). The van der Waals surface area contributed by atoms with Crippen molar-refractivity contribution in [1.29, 1.82) is 0 Å². The zero-order valence-corrected chi connectivity index (χ0v) is 25.4. The van der Waals surface area contributed by atoms with Gasteiger partial charge in [-0.25, -0.2) is 4.98 Å². The molecule has 232 valence electrons. The Morgan fingerprint density at radius 2 is 2.00 bits per heavy atom. The van der Waals surface area contributed by atoms with Crippen LogP contribution in [0.4, 0.5) is 13.2 Å². The summed E-state index contributed by atoms with van der Waals surface area (Å²) in [7, 11) is 1.31. The Morgan fingerprint density at radius 1 is 1.33 bits per heavy atom. The minimum atomic E-state index is -5.29. The molecular weight excluding hydrogens is 603 g/mol. The van der Waals surface area contributed by atoms with Gasteiger partial charge in [0, 0.05) is 11.1 Å². The smallest absolute Gasteiger partial charge is 0.424 e. The molecule has 0 fully saturated rings. The van der Waals surface area contributed by atoms with Gasteiger partial charge in [-0.2, -0.15) is 13.2 Å². The highest BCUT2D eigenvalue weighted by Crippen LogP contribution is 2.46. The van der Waals surface area contributed by atoms with Gasteiger partial charge in [0.15, 0.2) is 22.4 Å². The number of amides is 1. The first-order valence-corrected chi connectivity index (χ1v) is 14.2. The van der Waals surface area contributed by atoms with Gasteiger partial charge >= 0.3 is 6.18 Å². The molecule has 0 aliphatic carbocycles. The van der Waals surface area contributed by atoms with Crippen LogP contribution in [0.3, 0.4) is 0 Å². The van der Waals surface area contributed by atoms with Crippen LogP contribution in [-0.4, -0.2) is 75.8 Å². The normalized spacial score (nSPS) is 19.9. The molecule has 42 heavy (non-hydrogen) atoms. The van der Waals surface area contributed by atoms with E-state index in [-0.39, 0.29) is 41.6 Å². The summed E-state index contributed by atoms with van der Waals surface area (Å²) >= 11 is 4.55. The molecular formula is C27H33ClF3N3O7S.